The highest BCUT2D eigenvalue weighted by molar-refractivity contribution is 5.38. The number of ether oxygens (including phenoxy) is 1. The van der Waals surface area contributed by atoms with Gasteiger partial charge in [-0.05, 0) is 6.92 Å². The molecule has 0 atom stereocenters. The second-order valence-corrected chi connectivity index (χ2v) is 0.437. The molecule has 0 aromatic rings. The van der Waals surface area contributed by atoms with E-state index in [1.165, 1.54) is 13.1 Å². The Morgan fingerprint density at radius 3 is 2.60 bits per heavy atom. The number of hydrogen-bond acceptors (Lipinski definition) is 2. The van der Waals surface area contributed by atoms with E-state index in [1.54, 1.807) is 6.92 Å². The van der Waals surface area contributed by atoms with Crippen molar-refractivity contribution in [2.75, 3.05) is 0 Å². The first-order valence-corrected chi connectivity index (χ1v) is 1.22. The quantitative estimate of drug-likeness (QED) is 0.467. The lowest BCUT2D eigenvalue weighted by atomic mass is 10.9. The Hall–Kier alpha value is -0.530. The van der Waals surface area contributed by atoms with Crippen LogP contribution in [-0.4, -0.2) is 6.47 Å². The van der Waals surface area contributed by atoms with Gasteiger partial charge in [-0.2, -0.15) is 0 Å². The Morgan fingerprint density at radius 1 is 2.00 bits per heavy atom. The lowest BCUT2D eigenvalue weighted by Gasteiger charge is -1.75. The van der Waals surface area contributed by atoms with Gasteiger partial charge in [-0.25, -0.2) is 4.79 Å². The predicted molar refractivity (Wildman–Crippen MR) is 16.8 cm³/mol. The van der Waals surface area contributed by atoms with Crippen LogP contribution in [0.1, 0.15) is 6.92 Å². The van der Waals surface area contributed by atoms with E-state index in [0.29, 0.717) is 0 Å². The lowest BCUT2D eigenvalue weighted by molar-refractivity contribution is 0.355. The molecule has 2 radical (unpaired) electrons. The van der Waals surface area contributed by atoms with Gasteiger partial charge in [0.2, 0.25) is 0 Å². The maximum absolute atomic E-state index is 9.03. The molecule has 0 aromatic heterocycles. The van der Waals surface area contributed by atoms with Gasteiger partial charge < -0.3 is 4.74 Å². The van der Waals surface area contributed by atoms with Crippen LogP contribution in [0.15, 0.2) is 0 Å². The maximum Gasteiger partial charge on any atom is 0.417 e. The van der Waals surface area contributed by atoms with Crippen molar-refractivity contribution in [3.8, 4) is 0 Å². The van der Waals surface area contributed by atoms with E-state index in [4.69, 9.17) is 4.79 Å². The summed E-state index contributed by atoms with van der Waals surface area (Å²) in [7, 11) is 0. The zero-order valence-electron chi connectivity index (χ0n) is 2.89. The fourth-order valence-corrected chi connectivity index (χ4v) is 0.0481. The van der Waals surface area contributed by atoms with Crippen molar-refractivity contribution < 1.29 is 9.53 Å². The molecular formula is C3H4O2. The number of hydrogen-bond donors (Lipinski definition) is 0. The summed E-state index contributed by atoms with van der Waals surface area (Å²) in [6.07, 6.45) is 0. The van der Waals surface area contributed by atoms with Gasteiger partial charge in [0.15, 0.2) is 0 Å². The molecule has 0 unspecified atom stereocenters. The van der Waals surface area contributed by atoms with Gasteiger partial charge in [-0.1, -0.05) is 0 Å². The molecule has 0 spiro atoms. The molecule has 0 heterocycles. The molecule has 0 aliphatic rings. The van der Waals surface area contributed by atoms with Gasteiger partial charge in [0.25, 0.3) is 0 Å². The molecular weight excluding hydrogens is 68.0 g/mol. The van der Waals surface area contributed by atoms with Crippen molar-refractivity contribution in [3.63, 3.8) is 0 Å². The van der Waals surface area contributed by atoms with Crippen molar-refractivity contribution in [2.45, 2.75) is 6.92 Å². The summed E-state index contributed by atoms with van der Waals surface area (Å²) in [6.45, 7) is 4.07. The largest absolute Gasteiger partial charge is 0.450 e. The van der Waals surface area contributed by atoms with Crippen molar-refractivity contribution >= 4 is 6.47 Å². The van der Waals surface area contributed by atoms with Crippen LogP contribution >= 0.6 is 0 Å². The molecule has 0 fully saturated rings. The van der Waals surface area contributed by atoms with Crippen LogP contribution in [0, 0.1) is 6.61 Å². The average molecular weight is 72.1 g/mol. The monoisotopic (exact) mass is 72.0 g/mol. The maximum atomic E-state index is 9.03. The molecule has 0 rings (SSSR count). The summed E-state index contributed by atoms with van der Waals surface area (Å²) in [5.74, 6) is 0. The summed E-state index contributed by atoms with van der Waals surface area (Å²) in [5, 5.41) is 0. The van der Waals surface area contributed by atoms with Crippen LogP contribution in [0.5, 0.6) is 0 Å². The van der Waals surface area contributed by atoms with E-state index >= 15 is 0 Å². The summed E-state index contributed by atoms with van der Waals surface area (Å²) in [6, 6.07) is 0. The fourth-order valence-electron chi connectivity index (χ4n) is 0.0481. The molecule has 2 heteroatoms. The highest BCUT2D eigenvalue weighted by atomic mass is 16.5. The van der Waals surface area contributed by atoms with Crippen molar-refractivity contribution in [2.24, 2.45) is 0 Å². The lowest BCUT2D eigenvalue weighted by Crippen LogP contribution is -1.73. The van der Waals surface area contributed by atoms with Crippen LogP contribution in [0.25, 0.3) is 0 Å². The Balaban J connectivity index is 2.40. The number of carbonyl (C=O) groups excluding carboxylic acids is 1. The first-order chi connectivity index (χ1) is 2.41. The third-order valence-corrected chi connectivity index (χ3v) is 0.166. The Labute approximate surface area is 30.7 Å². The smallest absolute Gasteiger partial charge is 0.417 e. The minimum Gasteiger partial charge on any atom is -0.450 e. The molecule has 0 N–H and O–H groups in total. The first-order valence-electron chi connectivity index (χ1n) is 1.22. The van der Waals surface area contributed by atoms with E-state index in [1.807, 2.05) is 0 Å². The molecule has 0 saturated carbocycles. The molecule has 28 valence electrons. The second kappa shape index (κ2) is 3.47. The molecule has 0 aliphatic carbocycles. The minimum absolute atomic E-state index is 1.21. The molecule has 0 aromatic carbocycles. The zero-order chi connectivity index (χ0) is 4.12. The van der Waals surface area contributed by atoms with Gasteiger partial charge in [-0.3, -0.25) is 0 Å². The average Bonchev–Trinajstić information content (AvgIpc) is 1.41. The highest BCUT2D eigenvalue weighted by Crippen LogP contribution is 1.65. The van der Waals surface area contributed by atoms with Crippen molar-refractivity contribution in [1.29, 1.82) is 0 Å². The van der Waals surface area contributed by atoms with Gasteiger partial charge in [0.05, 0.1) is 0 Å². The third kappa shape index (κ3) is 3.47. The van der Waals surface area contributed by atoms with Gasteiger partial charge in [-0.15, -0.1) is 0 Å². The van der Waals surface area contributed by atoms with Crippen LogP contribution in [0.3, 0.4) is 0 Å². The Morgan fingerprint density at radius 2 is 2.60 bits per heavy atom. The molecule has 0 aliphatic heterocycles. The summed E-state index contributed by atoms with van der Waals surface area (Å²) < 4.78 is 3.90. The predicted octanol–water partition coefficient (Wildman–Crippen LogP) is 0.252. The van der Waals surface area contributed by atoms with E-state index in [0.717, 1.165) is 0 Å². The van der Waals surface area contributed by atoms with E-state index in [2.05, 4.69) is 4.74 Å². The van der Waals surface area contributed by atoms with Gasteiger partial charge >= 0.3 is 6.47 Å². The van der Waals surface area contributed by atoms with E-state index in [9.17, 15) is 0 Å². The number of rotatable bonds is 2. The SMILES string of the molecule is C[CH]O[C]=O. The normalized spacial score (nSPS) is 6.60. The summed E-state index contributed by atoms with van der Waals surface area (Å²) >= 11 is 0. The molecule has 0 saturated heterocycles. The van der Waals surface area contributed by atoms with Crippen molar-refractivity contribution in [3.05, 3.63) is 6.61 Å². The summed E-state index contributed by atoms with van der Waals surface area (Å²) in [5.41, 5.74) is 0. The van der Waals surface area contributed by atoms with Gasteiger partial charge in [0.1, 0.15) is 6.61 Å². The fraction of sp³-hybridized carbons (Fsp3) is 0.333. The molecule has 2 nitrogen and oxygen atoms in total. The van der Waals surface area contributed by atoms with Crippen molar-refractivity contribution in [1.82, 2.24) is 0 Å². The van der Waals surface area contributed by atoms with E-state index in [-0.39, 0.29) is 0 Å². The standard InChI is InChI=1S/C3H4O2/c1-2-5-3-4/h2H,1H3. The first kappa shape index (κ1) is 4.47. The highest BCUT2D eigenvalue weighted by Gasteiger charge is 1.66. The molecule has 0 bridgehead atoms. The third-order valence-electron chi connectivity index (χ3n) is 0.166. The van der Waals surface area contributed by atoms with Crippen LogP contribution in [0.2, 0.25) is 0 Å². The van der Waals surface area contributed by atoms with E-state index < -0.39 is 0 Å². The van der Waals surface area contributed by atoms with Gasteiger partial charge in [0, 0.05) is 0 Å². The zero-order valence-corrected chi connectivity index (χ0v) is 2.89. The van der Waals surface area contributed by atoms with Crippen LogP contribution in [0.4, 0.5) is 0 Å². The van der Waals surface area contributed by atoms with Crippen LogP contribution < -0.4 is 0 Å². The topological polar surface area (TPSA) is 26.3 Å². The Bertz CT molecular complexity index is 26.1. The summed E-state index contributed by atoms with van der Waals surface area (Å²) in [4.78, 5) is 9.03. The van der Waals surface area contributed by atoms with Crippen LogP contribution in [-0.2, 0) is 9.53 Å². The Kier molecular flexibility index (Phi) is 3.10. The second-order valence-electron chi connectivity index (χ2n) is 0.437. The minimum atomic E-state index is 1.21. The molecule has 0 amide bonds. The molecule has 5 heavy (non-hydrogen) atoms.